The summed E-state index contributed by atoms with van der Waals surface area (Å²) in [6.07, 6.45) is 0.673. The molecule has 0 fully saturated rings. The first kappa shape index (κ1) is 16.5. The van der Waals surface area contributed by atoms with Crippen LogP contribution >= 0.6 is 0 Å². The lowest BCUT2D eigenvalue weighted by molar-refractivity contribution is -0.120. The SMILES string of the molecule is CCN(CCCO)C(C)C(=O)Nc1ccc(N)cc1C. The minimum Gasteiger partial charge on any atom is -0.399 e. The molecule has 1 aromatic rings. The van der Waals surface area contributed by atoms with E-state index in [1.807, 2.05) is 37.8 Å². The van der Waals surface area contributed by atoms with E-state index in [4.69, 9.17) is 10.8 Å². The highest BCUT2D eigenvalue weighted by Gasteiger charge is 2.20. The van der Waals surface area contributed by atoms with Crippen molar-refractivity contribution in [3.63, 3.8) is 0 Å². The fraction of sp³-hybridized carbons (Fsp3) is 0.533. The van der Waals surface area contributed by atoms with Crippen LogP contribution in [0.5, 0.6) is 0 Å². The van der Waals surface area contributed by atoms with E-state index in [0.29, 0.717) is 18.7 Å². The number of amides is 1. The van der Waals surface area contributed by atoms with E-state index >= 15 is 0 Å². The number of carbonyl (C=O) groups excluding carboxylic acids is 1. The fourth-order valence-corrected chi connectivity index (χ4v) is 2.13. The monoisotopic (exact) mass is 279 g/mol. The van der Waals surface area contributed by atoms with Crippen molar-refractivity contribution < 1.29 is 9.90 Å². The van der Waals surface area contributed by atoms with Crippen LogP contribution in [0.2, 0.25) is 0 Å². The van der Waals surface area contributed by atoms with Crippen molar-refractivity contribution in [2.75, 3.05) is 30.7 Å². The topological polar surface area (TPSA) is 78.6 Å². The zero-order chi connectivity index (χ0) is 15.1. The van der Waals surface area contributed by atoms with E-state index in [1.165, 1.54) is 0 Å². The third-order valence-corrected chi connectivity index (χ3v) is 3.45. The number of aliphatic hydroxyl groups excluding tert-OH is 1. The highest BCUT2D eigenvalue weighted by Crippen LogP contribution is 2.18. The van der Waals surface area contributed by atoms with Crippen molar-refractivity contribution in [3.8, 4) is 0 Å². The summed E-state index contributed by atoms with van der Waals surface area (Å²) >= 11 is 0. The number of aliphatic hydroxyl groups is 1. The number of aryl methyl sites for hydroxylation is 1. The van der Waals surface area contributed by atoms with Gasteiger partial charge in [0, 0.05) is 24.5 Å². The Hall–Kier alpha value is -1.59. The van der Waals surface area contributed by atoms with Gasteiger partial charge in [0.1, 0.15) is 0 Å². The predicted octanol–water partition coefficient (Wildman–Crippen LogP) is 1.61. The Bertz CT molecular complexity index is 449. The Kier molecular flexibility index (Phi) is 6.48. The van der Waals surface area contributed by atoms with E-state index in [2.05, 4.69) is 5.32 Å². The number of benzene rings is 1. The van der Waals surface area contributed by atoms with Gasteiger partial charge in [0.2, 0.25) is 5.91 Å². The van der Waals surface area contributed by atoms with Gasteiger partial charge >= 0.3 is 0 Å². The summed E-state index contributed by atoms with van der Waals surface area (Å²) in [6, 6.07) is 5.20. The summed E-state index contributed by atoms with van der Waals surface area (Å²) in [7, 11) is 0. The first-order valence-electron chi connectivity index (χ1n) is 7.01. The van der Waals surface area contributed by atoms with Gasteiger partial charge in [0.25, 0.3) is 0 Å². The lowest BCUT2D eigenvalue weighted by atomic mass is 10.1. The molecule has 0 aromatic heterocycles. The summed E-state index contributed by atoms with van der Waals surface area (Å²) < 4.78 is 0. The largest absolute Gasteiger partial charge is 0.399 e. The molecular weight excluding hydrogens is 254 g/mol. The lowest BCUT2D eigenvalue weighted by Crippen LogP contribution is -2.42. The maximum absolute atomic E-state index is 12.3. The zero-order valence-corrected chi connectivity index (χ0v) is 12.5. The second-order valence-corrected chi connectivity index (χ2v) is 4.95. The van der Waals surface area contributed by atoms with E-state index in [1.54, 1.807) is 6.07 Å². The lowest BCUT2D eigenvalue weighted by Gasteiger charge is -2.26. The second-order valence-electron chi connectivity index (χ2n) is 4.95. The molecule has 1 atom stereocenters. The summed E-state index contributed by atoms with van der Waals surface area (Å²) in [5.41, 5.74) is 8.12. The van der Waals surface area contributed by atoms with E-state index < -0.39 is 0 Å². The molecule has 112 valence electrons. The highest BCUT2D eigenvalue weighted by atomic mass is 16.3. The van der Waals surface area contributed by atoms with E-state index in [0.717, 1.165) is 17.8 Å². The molecule has 4 N–H and O–H groups in total. The number of nitrogens with one attached hydrogen (secondary N) is 1. The number of hydrogen-bond donors (Lipinski definition) is 3. The molecule has 5 heteroatoms. The molecular formula is C15H25N3O2. The Morgan fingerprint density at radius 3 is 2.75 bits per heavy atom. The summed E-state index contributed by atoms with van der Waals surface area (Å²) in [6.45, 7) is 7.43. The van der Waals surface area contributed by atoms with Gasteiger partial charge in [-0.2, -0.15) is 0 Å². The normalized spacial score (nSPS) is 12.4. The minimum absolute atomic E-state index is 0.0438. The Morgan fingerprint density at radius 2 is 2.20 bits per heavy atom. The minimum atomic E-state index is -0.233. The standard InChI is InChI=1S/C15H25N3O2/c1-4-18(8-5-9-19)12(3)15(20)17-14-7-6-13(16)10-11(14)2/h6-7,10,12,19H,4-5,8-9,16H2,1-3H3,(H,17,20). The van der Waals surface area contributed by atoms with Crippen LogP contribution in [0.1, 0.15) is 25.8 Å². The van der Waals surface area contributed by atoms with Gasteiger partial charge in [-0.25, -0.2) is 0 Å². The van der Waals surface area contributed by atoms with Crippen LogP contribution in [-0.2, 0) is 4.79 Å². The molecule has 0 heterocycles. The van der Waals surface area contributed by atoms with Crippen molar-refractivity contribution in [2.24, 2.45) is 0 Å². The molecule has 1 rings (SSSR count). The zero-order valence-electron chi connectivity index (χ0n) is 12.5. The molecule has 0 aliphatic carbocycles. The number of nitrogens with two attached hydrogens (primary N) is 1. The van der Waals surface area contributed by atoms with Gasteiger partial charge in [0.05, 0.1) is 6.04 Å². The molecule has 5 nitrogen and oxygen atoms in total. The average Bonchev–Trinajstić information content (AvgIpc) is 2.42. The molecule has 0 spiro atoms. The van der Waals surface area contributed by atoms with Gasteiger partial charge in [-0.1, -0.05) is 6.92 Å². The summed E-state index contributed by atoms with van der Waals surface area (Å²) in [4.78, 5) is 14.3. The smallest absolute Gasteiger partial charge is 0.241 e. The van der Waals surface area contributed by atoms with Crippen molar-refractivity contribution in [3.05, 3.63) is 23.8 Å². The van der Waals surface area contributed by atoms with Crippen LogP contribution in [0, 0.1) is 6.92 Å². The molecule has 0 radical (unpaired) electrons. The first-order valence-corrected chi connectivity index (χ1v) is 7.01. The summed E-state index contributed by atoms with van der Waals surface area (Å²) in [5.74, 6) is -0.0438. The maximum atomic E-state index is 12.3. The molecule has 1 aromatic carbocycles. The number of rotatable bonds is 7. The summed E-state index contributed by atoms with van der Waals surface area (Å²) in [5, 5.41) is 11.8. The molecule has 1 amide bonds. The predicted molar refractivity (Wildman–Crippen MR) is 82.6 cm³/mol. The number of carbonyl (C=O) groups is 1. The Balaban J connectivity index is 2.68. The van der Waals surface area contributed by atoms with Crippen LogP contribution in [-0.4, -0.2) is 41.7 Å². The molecule has 0 aliphatic rings. The quantitative estimate of drug-likeness (QED) is 0.663. The Labute approximate surface area is 120 Å². The van der Waals surface area contributed by atoms with Crippen LogP contribution < -0.4 is 11.1 Å². The fourth-order valence-electron chi connectivity index (χ4n) is 2.13. The second kappa shape index (κ2) is 7.87. The number of nitrogen functional groups attached to an aromatic ring is 1. The van der Waals surface area contributed by atoms with Crippen molar-refractivity contribution in [2.45, 2.75) is 33.2 Å². The van der Waals surface area contributed by atoms with Gasteiger partial charge < -0.3 is 16.2 Å². The van der Waals surface area contributed by atoms with Gasteiger partial charge in [0.15, 0.2) is 0 Å². The molecule has 1 unspecified atom stereocenters. The third-order valence-electron chi connectivity index (χ3n) is 3.45. The van der Waals surface area contributed by atoms with E-state index in [9.17, 15) is 4.79 Å². The van der Waals surface area contributed by atoms with Crippen molar-refractivity contribution in [1.29, 1.82) is 0 Å². The van der Waals surface area contributed by atoms with Crippen LogP contribution in [0.25, 0.3) is 0 Å². The molecule has 0 bridgehead atoms. The van der Waals surface area contributed by atoms with Gasteiger partial charge in [-0.05, 0) is 50.6 Å². The first-order chi connectivity index (χ1) is 9.49. The number of nitrogens with zero attached hydrogens (tertiary/aromatic N) is 1. The molecule has 20 heavy (non-hydrogen) atoms. The van der Waals surface area contributed by atoms with Crippen molar-refractivity contribution in [1.82, 2.24) is 4.90 Å². The van der Waals surface area contributed by atoms with Gasteiger partial charge in [-0.3, -0.25) is 9.69 Å². The van der Waals surface area contributed by atoms with Crippen LogP contribution in [0.4, 0.5) is 11.4 Å². The average molecular weight is 279 g/mol. The van der Waals surface area contributed by atoms with Crippen LogP contribution in [0.15, 0.2) is 18.2 Å². The van der Waals surface area contributed by atoms with Crippen molar-refractivity contribution >= 4 is 17.3 Å². The molecule has 0 aliphatic heterocycles. The third kappa shape index (κ3) is 4.51. The maximum Gasteiger partial charge on any atom is 0.241 e. The number of hydrogen-bond acceptors (Lipinski definition) is 4. The Morgan fingerprint density at radius 1 is 1.50 bits per heavy atom. The highest BCUT2D eigenvalue weighted by molar-refractivity contribution is 5.95. The number of likely N-dealkylation sites (N-methyl/N-ethyl adjacent to an activating group) is 1. The molecule has 0 saturated heterocycles. The number of anilines is 2. The van der Waals surface area contributed by atoms with E-state index in [-0.39, 0.29) is 18.6 Å². The molecule has 0 saturated carbocycles. The van der Waals surface area contributed by atoms with Crippen LogP contribution in [0.3, 0.4) is 0 Å². The van der Waals surface area contributed by atoms with Gasteiger partial charge in [-0.15, -0.1) is 0 Å².